The number of piperidine rings is 2. The van der Waals surface area contributed by atoms with Crippen molar-refractivity contribution in [2.45, 2.75) is 63.8 Å². The third-order valence-corrected chi connectivity index (χ3v) is 9.84. The molecule has 2 saturated heterocycles. The minimum atomic E-state index is 0.298. The molecular weight excluding hydrogens is 528 g/mol. The van der Waals surface area contributed by atoms with Crippen molar-refractivity contribution >= 4 is 16.7 Å². The number of rotatable bonds is 11. The highest BCUT2D eigenvalue weighted by Crippen LogP contribution is 2.30. The zero-order valence-corrected chi connectivity index (χ0v) is 25.3. The smallest absolute Gasteiger partial charge is 0.162 e. The number of nitriles is 1. The predicted octanol–water partition coefficient (Wildman–Crippen LogP) is 7.73. The minimum absolute atomic E-state index is 0.298. The highest BCUT2D eigenvalue weighted by molar-refractivity contribution is 5.96. The number of carbonyl (C=O) groups is 1. The van der Waals surface area contributed by atoms with Crippen molar-refractivity contribution in [3.8, 4) is 6.07 Å². The van der Waals surface area contributed by atoms with Crippen molar-refractivity contribution in [3.63, 3.8) is 0 Å². The third-order valence-electron chi connectivity index (χ3n) is 9.84. The average molecular weight is 573 g/mol. The van der Waals surface area contributed by atoms with Gasteiger partial charge in [0.1, 0.15) is 0 Å². The number of likely N-dealkylation sites (tertiary alicyclic amines) is 2. The van der Waals surface area contributed by atoms with Gasteiger partial charge in [-0.2, -0.15) is 5.26 Å². The SMILES string of the molecule is N#Cc1ccc2[nH]cc(CCCN3CCC(c4ccc(C(=O)CCC5CCN(Cc6ccccc6)CC5)cc4)CC3)c2c1. The summed E-state index contributed by atoms with van der Waals surface area (Å²) in [7, 11) is 0. The van der Waals surface area contributed by atoms with Crippen molar-refractivity contribution in [3.05, 3.63) is 107 Å². The van der Waals surface area contributed by atoms with Crippen LogP contribution >= 0.6 is 0 Å². The monoisotopic (exact) mass is 572 g/mol. The molecule has 1 N–H and O–H groups in total. The lowest BCUT2D eigenvalue weighted by molar-refractivity contribution is 0.0961. The molecule has 0 spiro atoms. The van der Waals surface area contributed by atoms with E-state index in [-0.39, 0.29) is 0 Å². The fraction of sp³-hybridized carbons (Fsp3) is 0.421. The predicted molar refractivity (Wildman–Crippen MR) is 174 cm³/mol. The molecule has 0 unspecified atom stereocenters. The Bertz CT molecular complexity index is 1520. The largest absolute Gasteiger partial charge is 0.361 e. The summed E-state index contributed by atoms with van der Waals surface area (Å²) < 4.78 is 0. The summed E-state index contributed by atoms with van der Waals surface area (Å²) in [6.45, 7) is 6.67. The van der Waals surface area contributed by atoms with Crippen LogP contribution in [-0.4, -0.2) is 53.3 Å². The van der Waals surface area contributed by atoms with Crippen molar-refractivity contribution in [1.29, 1.82) is 5.26 Å². The number of carbonyl (C=O) groups excluding carboxylic acids is 1. The van der Waals surface area contributed by atoms with Crippen molar-refractivity contribution in [2.24, 2.45) is 5.92 Å². The molecule has 6 rings (SSSR count). The molecule has 0 atom stereocenters. The Morgan fingerprint density at radius 1 is 0.884 bits per heavy atom. The van der Waals surface area contributed by atoms with E-state index < -0.39 is 0 Å². The zero-order chi connectivity index (χ0) is 29.4. The summed E-state index contributed by atoms with van der Waals surface area (Å²) in [6.07, 6.45) is 10.7. The molecule has 0 saturated carbocycles. The number of aryl methyl sites for hydroxylation is 1. The van der Waals surface area contributed by atoms with E-state index in [1.54, 1.807) is 0 Å². The first kappa shape index (κ1) is 29.4. The summed E-state index contributed by atoms with van der Waals surface area (Å²) in [5.41, 5.74) is 6.79. The second-order valence-corrected chi connectivity index (χ2v) is 12.7. The van der Waals surface area contributed by atoms with Crippen LogP contribution < -0.4 is 0 Å². The molecule has 3 aromatic carbocycles. The van der Waals surface area contributed by atoms with E-state index in [4.69, 9.17) is 0 Å². The van der Waals surface area contributed by atoms with Gasteiger partial charge < -0.3 is 9.88 Å². The van der Waals surface area contributed by atoms with E-state index in [2.05, 4.69) is 81.6 Å². The maximum Gasteiger partial charge on any atom is 0.162 e. The molecule has 5 nitrogen and oxygen atoms in total. The zero-order valence-electron chi connectivity index (χ0n) is 25.3. The van der Waals surface area contributed by atoms with E-state index in [0.717, 1.165) is 75.2 Å². The maximum atomic E-state index is 13.0. The van der Waals surface area contributed by atoms with Gasteiger partial charge in [0.25, 0.3) is 0 Å². The number of nitrogens with one attached hydrogen (secondary N) is 1. The Morgan fingerprint density at radius 2 is 1.63 bits per heavy atom. The first-order chi connectivity index (χ1) is 21.1. The Morgan fingerprint density at radius 3 is 2.37 bits per heavy atom. The summed E-state index contributed by atoms with van der Waals surface area (Å²) in [6, 6.07) is 27.4. The third kappa shape index (κ3) is 7.63. The van der Waals surface area contributed by atoms with E-state index in [0.29, 0.717) is 24.0 Å². The molecule has 222 valence electrons. The van der Waals surface area contributed by atoms with E-state index in [1.165, 1.54) is 47.8 Å². The lowest BCUT2D eigenvalue weighted by Crippen LogP contribution is -2.33. The lowest BCUT2D eigenvalue weighted by Gasteiger charge is -2.32. The standard InChI is InChI=1S/C38H44N4O/c39-26-31-8-14-37-36(25-31)35(27-40-37)7-4-20-41-23-18-33(19-24-41)32-10-12-34(13-11-32)38(43)15-9-29-16-21-42(22-17-29)28-30-5-2-1-3-6-30/h1-3,5-6,8,10-14,25,27,29,33,40H,4,7,9,15-24,28H2. The molecular formula is C38H44N4O. The maximum absolute atomic E-state index is 13.0. The molecule has 2 fully saturated rings. The van der Waals surface area contributed by atoms with Crippen molar-refractivity contribution in [1.82, 2.24) is 14.8 Å². The van der Waals surface area contributed by atoms with Crippen molar-refractivity contribution in [2.75, 3.05) is 32.7 Å². The Hall–Kier alpha value is -3.72. The van der Waals surface area contributed by atoms with E-state index in [1.807, 2.05) is 18.2 Å². The molecule has 3 heterocycles. The Labute approximate surface area is 256 Å². The molecule has 2 aliphatic heterocycles. The van der Waals surface area contributed by atoms with Crippen LogP contribution in [0.1, 0.15) is 83.5 Å². The van der Waals surface area contributed by atoms with E-state index >= 15 is 0 Å². The normalized spacial score (nSPS) is 17.3. The van der Waals surface area contributed by atoms with E-state index in [9.17, 15) is 10.1 Å². The molecule has 4 aromatic rings. The van der Waals surface area contributed by atoms with Crippen LogP contribution in [0.3, 0.4) is 0 Å². The molecule has 1 aromatic heterocycles. The Balaban J connectivity index is 0.895. The molecule has 0 amide bonds. The molecule has 43 heavy (non-hydrogen) atoms. The topological polar surface area (TPSA) is 63.1 Å². The van der Waals surface area contributed by atoms with Gasteiger partial charge in [0.05, 0.1) is 11.6 Å². The summed E-state index contributed by atoms with van der Waals surface area (Å²) in [5.74, 6) is 1.55. The number of aromatic amines is 1. The fourth-order valence-corrected chi connectivity index (χ4v) is 7.13. The van der Waals surface area contributed by atoms with Gasteiger partial charge in [-0.25, -0.2) is 0 Å². The van der Waals surface area contributed by atoms with Crippen LogP contribution in [-0.2, 0) is 13.0 Å². The van der Waals surface area contributed by atoms with Crippen LogP contribution in [0.25, 0.3) is 10.9 Å². The van der Waals surface area contributed by atoms with Gasteiger partial charge in [-0.05, 0) is 124 Å². The van der Waals surface area contributed by atoms with Gasteiger partial charge in [0, 0.05) is 35.6 Å². The molecule has 0 aliphatic carbocycles. The van der Waals surface area contributed by atoms with Crippen LogP contribution in [0.2, 0.25) is 0 Å². The van der Waals surface area contributed by atoms with Crippen LogP contribution in [0.5, 0.6) is 0 Å². The quantitative estimate of drug-likeness (QED) is 0.187. The number of ketones is 1. The first-order valence-corrected chi connectivity index (χ1v) is 16.3. The Kier molecular flexibility index (Phi) is 9.67. The number of benzene rings is 3. The van der Waals surface area contributed by atoms with Gasteiger partial charge in [-0.15, -0.1) is 0 Å². The van der Waals surface area contributed by atoms with Gasteiger partial charge >= 0.3 is 0 Å². The highest BCUT2D eigenvalue weighted by Gasteiger charge is 2.22. The van der Waals surface area contributed by atoms with Gasteiger partial charge in [-0.1, -0.05) is 54.6 Å². The highest BCUT2D eigenvalue weighted by atomic mass is 16.1. The second-order valence-electron chi connectivity index (χ2n) is 12.7. The van der Waals surface area contributed by atoms with Crippen LogP contribution in [0.4, 0.5) is 0 Å². The molecule has 0 bridgehead atoms. The number of fused-ring (bicyclic) bond motifs is 1. The number of H-pyrrole nitrogens is 1. The first-order valence-electron chi connectivity index (χ1n) is 16.3. The number of hydrogen-bond acceptors (Lipinski definition) is 4. The number of aromatic nitrogens is 1. The summed E-state index contributed by atoms with van der Waals surface area (Å²) in [5, 5.41) is 10.4. The molecule has 2 aliphatic rings. The van der Waals surface area contributed by atoms with Crippen LogP contribution in [0, 0.1) is 17.2 Å². The molecule has 0 radical (unpaired) electrons. The fourth-order valence-electron chi connectivity index (χ4n) is 7.13. The minimum Gasteiger partial charge on any atom is -0.361 e. The summed E-state index contributed by atoms with van der Waals surface area (Å²) >= 11 is 0. The number of nitrogens with zero attached hydrogens (tertiary/aromatic N) is 3. The van der Waals surface area contributed by atoms with Crippen molar-refractivity contribution < 1.29 is 4.79 Å². The average Bonchev–Trinajstić information content (AvgIpc) is 3.47. The van der Waals surface area contributed by atoms with Gasteiger partial charge in [-0.3, -0.25) is 9.69 Å². The lowest BCUT2D eigenvalue weighted by atomic mass is 9.87. The van der Waals surface area contributed by atoms with Crippen LogP contribution in [0.15, 0.2) is 79.0 Å². The van der Waals surface area contributed by atoms with Gasteiger partial charge in [0.2, 0.25) is 0 Å². The second kappa shape index (κ2) is 14.2. The molecule has 5 heteroatoms. The van der Waals surface area contributed by atoms with Gasteiger partial charge in [0.15, 0.2) is 5.78 Å². The number of hydrogen-bond donors (Lipinski definition) is 1. The summed E-state index contributed by atoms with van der Waals surface area (Å²) in [4.78, 5) is 21.5. The number of Topliss-reactive ketones (excluding diaryl/α,β-unsaturated/α-hetero) is 1.